The standard InChI is InChI=1S/C14H14N2.C10H12N2.C9H11N3.C9H12N2.C8H10N2.C7H14N2.C6H12N2.C5H11N3.2C5H10N2.2C4H9N3/c1-15-11-16(12-7-3-2-4-8-12)14-10-6-5-9-13(14)15;1-11-7-8-12(9-11)10-5-3-2-4-6-10;1-11-7-10-12(8-11)9-5-3-2-4-6-9;1-10-7-11(2)9-6-4-3-5-8(9)10;1-9-6-8-4-2-3-5-10(8)7-9;1-6-7(2)9(4)5-8(6)3;1-3-8-5-4-7(2)6-8;1-5-6-8(3)4-7(5)2;2*1-6-3-4-7(2)5-6;2*1-6-3-5-7(2)4-6/h2-10H,11H2,1H3;2-8H,9H2,1H3;2-7H,8H2,1H3;3-6H,7H2,1-2H3;2-6H,7H2,1H3;5H2,1-4H3;4-5H,3,6H2,1-2H3;4H2,1-3H3;2*3-4H,5H2,1-2H3;2*3H,4H2,1-2H3. The zero-order valence-electron chi connectivity index (χ0n) is 72.7. The second-order valence-electron chi connectivity index (χ2n) is 30.0. The summed E-state index contributed by atoms with van der Waals surface area (Å²) >= 11 is 0. The van der Waals surface area contributed by atoms with Gasteiger partial charge >= 0.3 is 0 Å². The summed E-state index contributed by atoms with van der Waals surface area (Å²) in [4.78, 5) is 43.4. The zero-order valence-corrected chi connectivity index (χ0v) is 72.7. The van der Waals surface area contributed by atoms with Crippen LogP contribution in [-0.4, -0.2) is 334 Å². The Bertz CT molecular complexity index is 3790. The summed E-state index contributed by atoms with van der Waals surface area (Å²) in [6, 6.07) is 48.0. The van der Waals surface area contributed by atoms with Crippen LogP contribution in [-0.2, 0) is 0 Å². The van der Waals surface area contributed by atoms with Crippen molar-refractivity contribution in [2.24, 2.45) is 20.4 Å². The predicted octanol–water partition coefficient (Wildman–Crippen LogP) is 11.1. The van der Waals surface area contributed by atoms with Gasteiger partial charge in [-0.15, -0.1) is 0 Å². The van der Waals surface area contributed by atoms with E-state index in [-0.39, 0.29) is 0 Å². The molecule has 0 spiro atoms. The zero-order chi connectivity index (χ0) is 82.8. The molecule has 0 fully saturated rings. The molecule has 618 valence electrons. The minimum absolute atomic E-state index is 0.837. The molecule has 0 N–H and O–H groups in total. The minimum atomic E-state index is 0.837. The van der Waals surface area contributed by atoms with Gasteiger partial charge in [0.25, 0.3) is 0 Å². The van der Waals surface area contributed by atoms with Gasteiger partial charge < -0.3 is 98.0 Å². The minimum Gasteiger partial charge on any atom is -0.362 e. The number of hydrogen-bond donors (Lipinski definition) is 0. The molecule has 5 aromatic carbocycles. The Kier molecular flexibility index (Phi) is 35.5. The summed E-state index contributed by atoms with van der Waals surface area (Å²) in [5.74, 6) is 1.09. The monoisotopic (exact) mass is 1560 g/mol. The third kappa shape index (κ3) is 29.5. The van der Waals surface area contributed by atoms with Crippen LogP contribution in [0.5, 0.6) is 0 Å². The predicted molar refractivity (Wildman–Crippen MR) is 481 cm³/mol. The number of amidine groups is 1. The third-order valence-corrected chi connectivity index (χ3v) is 19.1. The Hall–Kier alpha value is -12.1. The lowest BCUT2D eigenvalue weighted by molar-refractivity contribution is 0.302. The average Bonchev–Trinajstić information content (AvgIpc) is 1.65. The average molecular weight is 1560 g/mol. The van der Waals surface area contributed by atoms with E-state index in [1.165, 1.54) is 51.2 Å². The maximum atomic E-state index is 4.22. The Labute approximate surface area is 684 Å². The van der Waals surface area contributed by atoms with E-state index >= 15 is 0 Å². The van der Waals surface area contributed by atoms with Crippen molar-refractivity contribution in [3.05, 3.63) is 237 Å². The molecule has 0 amide bonds. The van der Waals surface area contributed by atoms with Crippen molar-refractivity contribution in [2.75, 3.05) is 250 Å². The van der Waals surface area contributed by atoms with Crippen LogP contribution in [0.25, 0.3) is 0 Å². The largest absolute Gasteiger partial charge is 0.362 e. The summed E-state index contributed by atoms with van der Waals surface area (Å²) in [6.45, 7) is 21.2. The maximum absolute atomic E-state index is 4.22. The van der Waals surface area contributed by atoms with Crippen LogP contribution >= 0.6 is 0 Å². The van der Waals surface area contributed by atoms with Gasteiger partial charge in [0.05, 0.1) is 87.5 Å². The SMILES string of the molecule is CC1=C(C)N(C)CN1C.CC1=NN(C)CN1C.CCN1C=CN(C)C1.CN1C=C2C=CC=CN2C1.CN1C=CN(C)C1.CN1C=CN(C)C1.CN1C=CN(c2ccccc2)C1.CN1C=NN(C)C1.CN1C=NN(C)C1.CN1C=NN(c2ccccc2)C1.CN1CN(C)c2ccccc21.CN1CN(c2ccccc2)c2ccccc21. The fourth-order valence-electron chi connectivity index (χ4n) is 12.7. The molecule has 0 bridgehead atoms. The molecular weight excluding hydrogens is 1430 g/mol. The molecule has 13 heterocycles. The number of para-hydroxylation sites is 7. The van der Waals surface area contributed by atoms with Crippen LogP contribution in [0.3, 0.4) is 0 Å². The van der Waals surface area contributed by atoms with Crippen LogP contribution in [0.1, 0.15) is 27.7 Å². The molecule has 18 rings (SSSR count). The highest BCUT2D eigenvalue weighted by molar-refractivity contribution is 5.82. The van der Waals surface area contributed by atoms with Gasteiger partial charge in [-0.1, -0.05) is 84.9 Å². The number of allylic oxidation sites excluding steroid dienone is 5. The molecule has 5 aromatic rings. The molecular formula is C86H134N28. The van der Waals surface area contributed by atoms with Gasteiger partial charge in [-0.3, -0.25) is 15.0 Å². The van der Waals surface area contributed by atoms with Crippen molar-refractivity contribution < 1.29 is 0 Å². The van der Waals surface area contributed by atoms with Crippen molar-refractivity contribution in [2.45, 2.75) is 27.7 Å². The summed E-state index contributed by atoms with van der Waals surface area (Å²) in [5.41, 5.74) is 12.9. The molecule has 0 saturated heterocycles. The van der Waals surface area contributed by atoms with E-state index in [0.29, 0.717) is 0 Å². The topological polar surface area (TPSA) is 127 Å². The summed E-state index contributed by atoms with van der Waals surface area (Å²) in [6.07, 6.45) is 32.5. The lowest BCUT2D eigenvalue weighted by atomic mass is 10.2. The van der Waals surface area contributed by atoms with E-state index in [2.05, 4.69) is 405 Å². The summed E-state index contributed by atoms with van der Waals surface area (Å²) < 4.78 is 0. The second-order valence-corrected chi connectivity index (χ2v) is 30.0. The van der Waals surface area contributed by atoms with Crippen LogP contribution in [0.15, 0.2) is 257 Å². The molecule has 114 heavy (non-hydrogen) atoms. The highest BCUT2D eigenvalue weighted by Crippen LogP contribution is 2.39. The first kappa shape index (κ1) is 89.1. The van der Waals surface area contributed by atoms with Crippen molar-refractivity contribution in [3.63, 3.8) is 0 Å². The third-order valence-electron chi connectivity index (χ3n) is 19.1. The molecule has 0 aromatic heterocycles. The lowest BCUT2D eigenvalue weighted by Crippen LogP contribution is -2.23. The number of benzene rings is 5. The maximum Gasteiger partial charge on any atom is 0.123 e. The van der Waals surface area contributed by atoms with Crippen LogP contribution in [0, 0.1) is 0 Å². The van der Waals surface area contributed by atoms with Gasteiger partial charge in [0.1, 0.15) is 51.5 Å². The Morgan fingerprint density at radius 1 is 0.289 bits per heavy atom. The van der Waals surface area contributed by atoms with E-state index in [0.717, 1.165) is 98.1 Å². The van der Waals surface area contributed by atoms with Crippen LogP contribution in [0.4, 0.5) is 39.8 Å². The molecule has 0 radical (unpaired) electrons. The van der Waals surface area contributed by atoms with Gasteiger partial charge in [-0.25, -0.2) is 5.01 Å². The molecule has 0 unspecified atom stereocenters. The fraction of sp³-hybridized carbons (Fsp3) is 0.419. The number of hydrazone groups is 4. The molecule has 13 aliphatic rings. The van der Waals surface area contributed by atoms with E-state index in [1.807, 2.05) is 122 Å². The lowest BCUT2D eigenvalue weighted by Gasteiger charge is -2.19. The number of anilines is 7. The molecule has 0 aliphatic carbocycles. The van der Waals surface area contributed by atoms with Crippen molar-refractivity contribution in [1.29, 1.82) is 0 Å². The Morgan fingerprint density at radius 3 is 1.04 bits per heavy atom. The normalized spacial score (nSPS) is 17.6. The van der Waals surface area contributed by atoms with E-state index in [1.54, 1.807) is 12.7 Å². The highest BCUT2D eigenvalue weighted by atomic mass is 15.6. The number of rotatable bonds is 4. The van der Waals surface area contributed by atoms with Crippen molar-refractivity contribution in [1.82, 2.24) is 88.5 Å². The van der Waals surface area contributed by atoms with E-state index < -0.39 is 0 Å². The van der Waals surface area contributed by atoms with Gasteiger partial charge in [-0.2, -0.15) is 20.4 Å². The Morgan fingerprint density at radius 2 is 0.693 bits per heavy atom. The van der Waals surface area contributed by atoms with E-state index in [4.69, 9.17) is 0 Å². The summed E-state index contributed by atoms with van der Waals surface area (Å²) in [7, 11) is 38.9. The first-order valence-corrected chi connectivity index (χ1v) is 38.8. The molecule has 0 atom stereocenters. The van der Waals surface area contributed by atoms with Crippen molar-refractivity contribution >= 4 is 64.7 Å². The molecule has 0 saturated carbocycles. The number of fused-ring (bicyclic) bond motifs is 3. The molecule has 13 aliphatic heterocycles. The van der Waals surface area contributed by atoms with Gasteiger partial charge in [0.15, 0.2) is 0 Å². The smallest absolute Gasteiger partial charge is 0.123 e. The number of nitrogens with zero attached hydrogens (tertiary/aromatic N) is 28. The highest BCUT2D eigenvalue weighted by Gasteiger charge is 2.24. The van der Waals surface area contributed by atoms with Gasteiger partial charge in [-0.05, 0) is 101 Å². The van der Waals surface area contributed by atoms with Gasteiger partial charge in [0.2, 0.25) is 0 Å². The van der Waals surface area contributed by atoms with Crippen LogP contribution in [0.2, 0.25) is 0 Å². The van der Waals surface area contributed by atoms with Crippen LogP contribution < -0.4 is 29.5 Å². The summed E-state index contributed by atoms with van der Waals surface area (Å²) in [5, 5.41) is 23.9. The first-order valence-electron chi connectivity index (χ1n) is 38.8. The molecule has 28 nitrogen and oxygen atoms in total. The fourth-order valence-corrected chi connectivity index (χ4v) is 12.7. The van der Waals surface area contributed by atoms with Gasteiger partial charge in [0, 0.05) is 225 Å². The quantitative estimate of drug-likeness (QED) is 0.169. The Balaban J connectivity index is 0.000000174. The molecule has 28 heteroatoms. The van der Waals surface area contributed by atoms with Crippen molar-refractivity contribution in [3.8, 4) is 0 Å². The number of hydrogen-bond acceptors (Lipinski definition) is 28. The van der Waals surface area contributed by atoms with E-state index in [9.17, 15) is 0 Å². The second kappa shape index (κ2) is 45.4. The first-order chi connectivity index (χ1) is 54.5.